The average molecular weight is 425 g/mol. The topological polar surface area (TPSA) is 97.9 Å². The van der Waals surface area contributed by atoms with Crippen molar-refractivity contribution >= 4 is 17.8 Å². The molecule has 0 bridgehead atoms. The van der Waals surface area contributed by atoms with Gasteiger partial charge in [0.25, 0.3) is 5.91 Å². The maximum atomic E-state index is 13.1. The number of hydrogen-bond acceptors (Lipinski definition) is 4. The maximum Gasteiger partial charge on any atom is 0.325 e. The van der Waals surface area contributed by atoms with Crippen molar-refractivity contribution in [2.45, 2.75) is 44.7 Å². The summed E-state index contributed by atoms with van der Waals surface area (Å²) in [7, 11) is 0. The molecular weight excluding hydrogens is 394 g/mol. The van der Waals surface area contributed by atoms with E-state index < -0.39 is 11.6 Å². The van der Waals surface area contributed by atoms with Crippen LogP contribution in [0.4, 0.5) is 4.79 Å². The first-order valence-electron chi connectivity index (χ1n) is 11.2. The van der Waals surface area contributed by atoms with E-state index in [9.17, 15) is 14.4 Å². The van der Waals surface area contributed by atoms with Gasteiger partial charge in [0.1, 0.15) is 18.6 Å². The predicted octanol–water partition coefficient (Wildman–Crippen LogP) is 0.286. The fourth-order valence-electron chi connectivity index (χ4n) is 5.11. The molecule has 0 unspecified atom stereocenters. The minimum atomic E-state index is -0.820. The highest BCUT2D eigenvalue weighted by molar-refractivity contribution is 6.09. The summed E-state index contributed by atoms with van der Waals surface area (Å²) in [6, 6.07) is 9.29. The van der Waals surface area contributed by atoms with E-state index in [1.54, 1.807) is 4.90 Å². The number of hydrogen-bond donors (Lipinski definition) is 2. The molecule has 31 heavy (non-hydrogen) atoms. The van der Waals surface area contributed by atoms with E-state index in [1.807, 2.05) is 31.2 Å². The Kier molecular flexibility index (Phi) is 5.96. The molecule has 4 amide bonds. The summed E-state index contributed by atoms with van der Waals surface area (Å²) < 4.78 is 0. The monoisotopic (exact) mass is 424 g/mol. The normalized spacial score (nSPS) is 26.8. The van der Waals surface area contributed by atoms with Crippen molar-refractivity contribution in [2.24, 2.45) is 5.92 Å². The van der Waals surface area contributed by atoms with Crippen LogP contribution in [0.25, 0.3) is 0 Å². The Balaban J connectivity index is 1.30. The molecule has 2 saturated heterocycles. The number of quaternary nitrogens is 1. The van der Waals surface area contributed by atoms with Gasteiger partial charge in [0.2, 0.25) is 5.91 Å². The molecule has 1 spiro atoms. The molecule has 3 aliphatic rings. The second-order valence-corrected chi connectivity index (χ2v) is 9.06. The van der Waals surface area contributed by atoms with Gasteiger partial charge in [0.05, 0.1) is 37.8 Å². The van der Waals surface area contributed by atoms with Crippen LogP contribution in [0.5, 0.6) is 0 Å². The van der Waals surface area contributed by atoms with Gasteiger partial charge in [-0.05, 0) is 30.9 Å². The summed E-state index contributed by atoms with van der Waals surface area (Å²) in [4.78, 5) is 42.7. The van der Waals surface area contributed by atoms with Crippen LogP contribution in [0.15, 0.2) is 24.3 Å². The zero-order valence-corrected chi connectivity index (χ0v) is 18.0. The maximum absolute atomic E-state index is 13.1. The van der Waals surface area contributed by atoms with Gasteiger partial charge in [-0.3, -0.25) is 14.5 Å². The number of urea groups is 1. The van der Waals surface area contributed by atoms with Gasteiger partial charge in [-0.1, -0.05) is 31.9 Å². The van der Waals surface area contributed by atoms with Crippen molar-refractivity contribution in [1.29, 1.82) is 5.26 Å². The number of benzene rings is 1. The second kappa shape index (κ2) is 8.67. The number of nitriles is 1. The largest absolute Gasteiger partial charge is 0.330 e. The van der Waals surface area contributed by atoms with Crippen LogP contribution in [0.2, 0.25) is 0 Å². The number of amides is 4. The summed E-state index contributed by atoms with van der Waals surface area (Å²) in [5, 5.41) is 11.8. The van der Waals surface area contributed by atoms with Gasteiger partial charge in [-0.2, -0.15) is 5.26 Å². The Morgan fingerprint density at radius 1 is 1.23 bits per heavy atom. The van der Waals surface area contributed by atoms with Crippen LogP contribution in [0.1, 0.15) is 43.7 Å². The highest BCUT2D eigenvalue weighted by atomic mass is 16.2. The Morgan fingerprint density at radius 3 is 2.58 bits per heavy atom. The SMILES string of the molecule is C[C@@H]1CCCC[C@@]12NC(=O)N(CC(=O)N1CC[NH+](Cc3ccc(C#N)cc3)CC1)C2=O. The molecule has 8 heteroatoms. The van der Waals surface area contributed by atoms with Crippen LogP contribution in [-0.2, 0) is 16.1 Å². The summed E-state index contributed by atoms with van der Waals surface area (Å²) in [5.41, 5.74) is 0.999. The first-order valence-corrected chi connectivity index (χ1v) is 11.2. The molecule has 2 heterocycles. The molecule has 3 fully saturated rings. The smallest absolute Gasteiger partial charge is 0.325 e. The van der Waals surface area contributed by atoms with Crippen LogP contribution in [0.3, 0.4) is 0 Å². The molecule has 1 aromatic rings. The third-order valence-corrected chi connectivity index (χ3v) is 7.16. The lowest BCUT2D eigenvalue weighted by atomic mass is 9.73. The van der Waals surface area contributed by atoms with Crippen molar-refractivity contribution < 1.29 is 19.3 Å². The molecule has 2 N–H and O–H groups in total. The predicted molar refractivity (Wildman–Crippen MR) is 113 cm³/mol. The number of carbonyl (C=O) groups is 3. The Labute approximate surface area is 182 Å². The minimum absolute atomic E-state index is 0.0900. The van der Waals surface area contributed by atoms with Gasteiger partial charge >= 0.3 is 6.03 Å². The molecule has 1 saturated carbocycles. The zero-order valence-electron chi connectivity index (χ0n) is 18.0. The lowest BCUT2D eigenvalue weighted by Gasteiger charge is -2.37. The average Bonchev–Trinajstić information content (AvgIpc) is 3.01. The second-order valence-electron chi connectivity index (χ2n) is 9.06. The van der Waals surface area contributed by atoms with Crippen molar-refractivity contribution in [3.63, 3.8) is 0 Å². The highest BCUT2D eigenvalue weighted by Crippen LogP contribution is 2.38. The van der Waals surface area contributed by atoms with Gasteiger partial charge in [0.15, 0.2) is 0 Å². The Bertz CT molecular complexity index is 901. The van der Waals surface area contributed by atoms with Crippen molar-refractivity contribution in [2.75, 3.05) is 32.7 Å². The minimum Gasteiger partial charge on any atom is -0.330 e. The summed E-state index contributed by atoms with van der Waals surface area (Å²) >= 11 is 0. The van der Waals surface area contributed by atoms with E-state index >= 15 is 0 Å². The number of piperazine rings is 1. The van der Waals surface area contributed by atoms with Gasteiger partial charge in [0, 0.05) is 5.56 Å². The molecule has 1 aliphatic carbocycles. The number of carbonyl (C=O) groups excluding carboxylic acids is 3. The van der Waals surface area contributed by atoms with Gasteiger partial charge < -0.3 is 15.1 Å². The lowest BCUT2D eigenvalue weighted by Crippen LogP contribution is -3.13. The molecule has 1 aromatic carbocycles. The van der Waals surface area contributed by atoms with Crippen LogP contribution >= 0.6 is 0 Å². The van der Waals surface area contributed by atoms with Crippen LogP contribution in [0, 0.1) is 17.2 Å². The van der Waals surface area contributed by atoms with E-state index in [4.69, 9.17) is 5.26 Å². The number of rotatable bonds is 4. The van der Waals surface area contributed by atoms with E-state index in [0.717, 1.165) is 43.8 Å². The van der Waals surface area contributed by atoms with E-state index in [2.05, 4.69) is 11.4 Å². The fourth-order valence-corrected chi connectivity index (χ4v) is 5.11. The van der Waals surface area contributed by atoms with E-state index in [1.165, 1.54) is 10.5 Å². The van der Waals surface area contributed by atoms with E-state index in [0.29, 0.717) is 25.1 Å². The molecule has 0 aromatic heterocycles. The van der Waals surface area contributed by atoms with Crippen molar-refractivity contribution in [3.05, 3.63) is 35.4 Å². The van der Waals surface area contributed by atoms with Crippen molar-refractivity contribution in [1.82, 2.24) is 15.1 Å². The summed E-state index contributed by atoms with van der Waals surface area (Å²) in [6.45, 7) is 5.52. The first kappa shape index (κ1) is 21.3. The summed E-state index contributed by atoms with van der Waals surface area (Å²) in [5.74, 6) is -0.309. The number of imide groups is 1. The zero-order chi connectivity index (χ0) is 22.0. The van der Waals surface area contributed by atoms with E-state index in [-0.39, 0.29) is 24.3 Å². The third kappa shape index (κ3) is 4.15. The molecule has 8 nitrogen and oxygen atoms in total. The van der Waals surface area contributed by atoms with Gasteiger partial charge in [-0.25, -0.2) is 4.79 Å². The fraction of sp³-hybridized carbons (Fsp3) is 0.565. The van der Waals surface area contributed by atoms with Crippen LogP contribution in [-0.4, -0.2) is 65.9 Å². The van der Waals surface area contributed by atoms with Gasteiger partial charge in [-0.15, -0.1) is 0 Å². The van der Waals surface area contributed by atoms with Crippen molar-refractivity contribution in [3.8, 4) is 6.07 Å². The first-order chi connectivity index (χ1) is 14.9. The molecular formula is C23H30N5O3+. The molecule has 0 radical (unpaired) electrons. The lowest BCUT2D eigenvalue weighted by molar-refractivity contribution is -0.917. The Hall–Kier alpha value is -2.92. The number of nitrogens with one attached hydrogen (secondary N) is 2. The summed E-state index contributed by atoms with van der Waals surface area (Å²) in [6.07, 6.45) is 3.56. The highest BCUT2D eigenvalue weighted by Gasteiger charge is 2.55. The number of nitrogens with zero attached hydrogens (tertiary/aromatic N) is 3. The standard InChI is InChI=1S/C23H29N5O3/c1-17-4-2-3-9-23(17)21(30)28(22(31)25-23)16-20(29)27-12-10-26(11-13-27)15-19-7-5-18(14-24)6-8-19/h5-8,17H,2-4,9-13,15-16H2,1H3,(H,25,31)/p+1/t17-,23-/m1/s1. The quantitative estimate of drug-likeness (QED) is 0.679. The van der Waals surface area contributed by atoms with Crippen LogP contribution < -0.4 is 10.2 Å². The molecule has 2 atom stereocenters. The molecule has 164 valence electrons. The third-order valence-electron chi connectivity index (χ3n) is 7.16. The molecule has 4 rings (SSSR count). The molecule has 2 aliphatic heterocycles. The Morgan fingerprint density at radius 2 is 1.94 bits per heavy atom.